The number of carbonyl (C=O) groups is 3. The van der Waals surface area contributed by atoms with Gasteiger partial charge in [0.1, 0.15) is 0 Å². The zero-order chi connectivity index (χ0) is 18.2. The summed E-state index contributed by atoms with van der Waals surface area (Å²) in [5.74, 6) is -1.06. The lowest BCUT2D eigenvalue weighted by Gasteiger charge is -2.19. The predicted molar refractivity (Wildman–Crippen MR) is 94.7 cm³/mol. The van der Waals surface area contributed by atoms with Gasteiger partial charge in [0.05, 0.1) is 0 Å². The lowest BCUT2D eigenvalue weighted by atomic mass is 10.2. The van der Waals surface area contributed by atoms with Crippen LogP contribution in [0.15, 0.2) is 29.4 Å². The first-order chi connectivity index (χ1) is 12.0. The van der Waals surface area contributed by atoms with E-state index in [0.29, 0.717) is 23.8 Å². The van der Waals surface area contributed by atoms with Crippen molar-refractivity contribution in [1.82, 2.24) is 4.90 Å². The van der Waals surface area contributed by atoms with E-state index < -0.39 is 17.8 Å². The third kappa shape index (κ3) is 5.86. The summed E-state index contributed by atoms with van der Waals surface area (Å²) in [5.41, 5.74) is 0.0269. The first-order valence-electron chi connectivity index (χ1n) is 8.09. The molecule has 1 aromatic rings. The van der Waals surface area contributed by atoms with Gasteiger partial charge in [-0.3, -0.25) is 19.7 Å². The lowest BCUT2D eigenvalue weighted by molar-refractivity contribution is -0.125. The molecule has 1 aromatic carbocycles. The van der Waals surface area contributed by atoms with Gasteiger partial charge in [-0.25, -0.2) is 4.79 Å². The topological polar surface area (TPSA) is 88.1 Å². The minimum absolute atomic E-state index is 0.386. The molecule has 25 heavy (non-hydrogen) atoms. The monoisotopic (exact) mass is 365 g/mol. The van der Waals surface area contributed by atoms with Crippen molar-refractivity contribution in [1.29, 1.82) is 0 Å². The second kappa shape index (κ2) is 9.17. The van der Waals surface area contributed by atoms with E-state index in [4.69, 9.17) is 11.6 Å². The molecule has 2 amide bonds. The zero-order valence-electron chi connectivity index (χ0n) is 14.0. The van der Waals surface area contributed by atoms with Crippen molar-refractivity contribution in [2.75, 3.05) is 18.4 Å². The highest BCUT2D eigenvalue weighted by Crippen LogP contribution is 2.15. The van der Waals surface area contributed by atoms with Gasteiger partial charge < -0.3 is 4.90 Å². The summed E-state index contributed by atoms with van der Waals surface area (Å²) in [6.07, 6.45) is 2.95. The fourth-order valence-corrected chi connectivity index (χ4v) is 2.66. The Hall–Kier alpha value is -2.41. The highest BCUT2D eigenvalue weighted by atomic mass is 35.5. The molecule has 134 valence electrons. The summed E-state index contributed by atoms with van der Waals surface area (Å²) in [4.78, 5) is 42.2. The summed E-state index contributed by atoms with van der Waals surface area (Å²) in [6, 6.07) is 6.46. The normalized spacial score (nSPS) is 15.3. The van der Waals surface area contributed by atoms with Gasteiger partial charge in [0.25, 0.3) is 5.91 Å². The molecule has 1 heterocycles. The Morgan fingerprint density at radius 3 is 2.44 bits per heavy atom. The minimum Gasteiger partial charge on any atom is -0.337 e. The Morgan fingerprint density at radius 2 is 1.84 bits per heavy atom. The predicted octanol–water partition coefficient (Wildman–Crippen LogP) is 3.24. The van der Waals surface area contributed by atoms with Crippen molar-refractivity contribution >= 4 is 40.8 Å². The van der Waals surface area contributed by atoms with Crippen molar-refractivity contribution in [3.05, 3.63) is 29.3 Å². The Labute approximate surface area is 151 Å². The Bertz CT molecular complexity index is 682. The number of ketones is 1. The van der Waals surface area contributed by atoms with Crippen LogP contribution < -0.4 is 5.32 Å². The minimum atomic E-state index is -0.912. The molecule has 1 saturated heterocycles. The van der Waals surface area contributed by atoms with E-state index in [1.165, 1.54) is 13.0 Å². The second-order valence-electron chi connectivity index (χ2n) is 5.72. The van der Waals surface area contributed by atoms with Gasteiger partial charge in [-0.05, 0) is 31.0 Å². The van der Waals surface area contributed by atoms with E-state index in [9.17, 15) is 14.4 Å². The molecule has 0 atom stereocenters. The van der Waals surface area contributed by atoms with E-state index in [-0.39, 0.29) is 5.71 Å². The van der Waals surface area contributed by atoms with Crippen LogP contribution in [0.2, 0.25) is 5.02 Å². The van der Waals surface area contributed by atoms with Gasteiger partial charge in [0.15, 0.2) is 5.78 Å². The summed E-state index contributed by atoms with van der Waals surface area (Å²) in [6.45, 7) is 2.35. The van der Waals surface area contributed by atoms with Gasteiger partial charge in [-0.15, -0.1) is 0 Å². The molecule has 7 nitrogen and oxygen atoms in total. The number of carbonyl (C=O) groups excluding carboxylic acids is 3. The molecule has 0 aliphatic carbocycles. The van der Waals surface area contributed by atoms with E-state index in [2.05, 4.69) is 15.3 Å². The maximum Gasteiger partial charge on any atom is 0.437 e. The van der Waals surface area contributed by atoms with Crippen LogP contribution >= 0.6 is 11.6 Å². The molecule has 1 aliphatic rings. The average molecular weight is 366 g/mol. The quantitative estimate of drug-likeness (QED) is 0.384. The number of oxime groups is 1. The molecule has 1 fully saturated rings. The van der Waals surface area contributed by atoms with E-state index in [1.807, 2.05) is 0 Å². The number of halogens is 1. The first kappa shape index (κ1) is 18.9. The van der Waals surface area contributed by atoms with E-state index in [1.54, 1.807) is 23.1 Å². The molecule has 0 unspecified atom stereocenters. The molecule has 0 saturated carbocycles. The molecule has 0 spiro atoms. The van der Waals surface area contributed by atoms with E-state index >= 15 is 0 Å². The summed E-state index contributed by atoms with van der Waals surface area (Å²) >= 11 is 5.82. The van der Waals surface area contributed by atoms with Crippen LogP contribution in [0.25, 0.3) is 0 Å². The maximum absolute atomic E-state index is 12.5. The fourth-order valence-electron chi connectivity index (χ4n) is 2.47. The van der Waals surface area contributed by atoms with Crippen molar-refractivity contribution in [3.8, 4) is 0 Å². The standard InChI is InChI=1S/C17H20ClN3O4/c1-12(22)15(16(23)21-9-4-2-3-5-10-21)20-25-17(24)19-14-8-6-7-13(18)11-14/h6-8,11H,2-5,9-10H2,1H3,(H,19,24)/b20-15-. The zero-order valence-corrected chi connectivity index (χ0v) is 14.7. The molecule has 0 aromatic heterocycles. The van der Waals surface area contributed by atoms with Gasteiger partial charge in [-0.1, -0.05) is 35.7 Å². The summed E-state index contributed by atoms with van der Waals surface area (Å²) in [5, 5.41) is 6.34. The highest BCUT2D eigenvalue weighted by molar-refractivity contribution is 6.65. The SMILES string of the molecule is CC(=O)/C(=N/OC(=O)Nc1cccc(Cl)c1)C(=O)N1CCCCCC1. The Morgan fingerprint density at radius 1 is 1.16 bits per heavy atom. The van der Waals surface area contributed by atoms with Crippen molar-refractivity contribution in [3.63, 3.8) is 0 Å². The van der Waals surface area contributed by atoms with Gasteiger partial charge in [0.2, 0.25) is 5.71 Å². The lowest BCUT2D eigenvalue weighted by Crippen LogP contribution is -2.40. The number of hydrogen-bond donors (Lipinski definition) is 1. The summed E-state index contributed by atoms with van der Waals surface area (Å²) < 4.78 is 0. The third-order valence-corrected chi connectivity index (χ3v) is 3.96. The molecule has 8 heteroatoms. The third-order valence-electron chi connectivity index (χ3n) is 3.72. The number of rotatable bonds is 4. The van der Waals surface area contributed by atoms with Gasteiger partial charge in [0, 0.05) is 30.7 Å². The first-order valence-corrected chi connectivity index (χ1v) is 8.47. The van der Waals surface area contributed by atoms with Crippen molar-refractivity contribution in [2.24, 2.45) is 5.16 Å². The van der Waals surface area contributed by atoms with Crippen LogP contribution in [0.5, 0.6) is 0 Å². The van der Waals surface area contributed by atoms with Gasteiger partial charge in [-0.2, -0.15) is 0 Å². The number of hydrogen-bond acceptors (Lipinski definition) is 5. The Kier molecular flexibility index (Phi) is 6.94. The number of anilines is 1. The molecule has 0 radical (unpaired) electrons. The van der Waals surface area contributed by atoms with E-state index in [0.717, 1.165) is 25.7 Å². The fraction of sp³-hybridized carbons (Fsp3) is 0.412. The number of Topliss-reactive ketones (excluding diaryl/α,β-unsaturated/α-hetero) is 1. The van der Waals surface area contributed by atoms with Crippen LogP contribution in [0, 0.1) is 0 Å². The summed E-state index contributed by atoms with van der Waals surface area (Å²) in [7, 11) is 0. The Balaban J connectivity index is 2.02. The number of nitrogens with one attached hydrogen (secondary N) is 1. The number of nitrogens with zero attached hydrogens (tertiary/aromatic N) is 2. The highest BCUT2D eigenvalue weighted by Gasteiger charge is 2.25. The number of likely N-dealkylation sites (tertiary alicyclic amines) is 1. The smallest absolute Gasteiger partial charge is 0.337 e. The molecule has 1 N–H and O–H groups in total. The van der Waals surface area contributed by atoms with Crippen LogP contribution in [-0.2, 0) is 14.4 Å². The van der Waals surface area contributed by atoms with Crippen molar-refractivity contribution in [2.45, 2.75) is 32.6 Å². The largest absolute Gasteiger partial charge is 0.437 e. The molecular formula is C17H20ClN3O4. The van der Waals surface area contributed by atoms with Crippen molar-refractivity contribution < 1.29 is 19.2 Å². The second-order valence-corrected chi connectivity index (χ2v) is 6.15. The molecule has 1 aliphatic heterocycles. The number of amides is 2. The van der Waals surface area contributed by atoms with Crippen LogP contribution in [0.3, 0.4) is 0 Å². The average Bonchev–Trinajstić information content (AvgIpc) is 2.83. The molecule has 2 rings (SSSR count). The van der Waals surface area contributed by atoms with Gasteiger partial charge >= 0.3 is 6.09 Å². The molecule has 0 bridgehead atoms. The maximum atomic E-state index is 12.5. The number of benzene rings is 1. The van der Waals surface area contributed by atoms with Crippen LogP contribution in [-0.4, -0.2) is 41.5 Å². The molecular weight excluding hydrogens is 346 g/mol. The van der Waals surface area contributed by atoms with Crippen LogP contribution in [0.1, 0.15) is 32.6 Å². The van der Waals surface area contributed by atoms with Crippen LogP contribution in [0.4, 0.5) is 10.5 Å².